The number of piperidine rings is 1. The van der Waals surface area contributed by atoms with Crippen LogP contribution in [0.4, 0.5) is 5.13 Å². The van der Waals surface area contributed by atoms with Gasteiger partial charge in [0.2, 0.25) is 11.0 Å². The van der Waals surface area contributed by atoms with Gasteiger partial charge in [-0.25, -0.2) is 0 Å². The van der Waals surface area contributed by atoms with Crippen LogP contribution in [0.15, 0.2) is 24.3 Å². The number of rotatable bonds is 3. The van der Waals surface area contributed by atoms with Crippen molar-refractivity contribution in [2.75, 3.05) is 25.0 Å². The second-order valence-corrected chi connectivity index (χ2v) is 8.25. The molecule has 1 amide bonds. The molecule has 1 fully saturated rings. The van der Waals surface area contributed by atoms with E-state index in [9.17, 15) is 4.79 Å². The summed E-state index contributed by atoms with van der Waals surface area (Å²) in [5.74, 6) is 0.812. The number of fused-ring (bicyclic) bond motifs is 1. The van der Waals surface area contributed by atoms with Crippen molar-refractivity contribution in [3.8, 4) is 5.75 Å². The van der Waals surface area contributed by atoms with Crippen molar-refractivity contribution >= 4 is 40.1 Å². The molecule has 0 bridgehead atoms. The molecule has 0 saturated carbocycles. The van der Waals surface area contributed by atoms with Crippen LogP contribution in [0.1, 0.15) is 23.4 Å². The van der Waals surface area contributed by atoms with Crippen LogP contribution >= 0.6 is 22.9 Å². The molecule has 0 aliphatic carbocycles. The zero-order valence-corrected chi connectivity index (χ0v) is 15.9. The molecule has 1 spiro atoms. The Morgan fingerprint density at radius 2 is 2.19 bits per heavy atom. The van der Waals surface area contributed by atoms with E-state index >= 15 is 0 Å². The molecule has 1 N–H and O–H groups in total. The standard InChI is InChI=1S/C18H19ClN4O2S/c1-12-21-22-17(26-12)20-16(24)11-23-8-6-18(7-9-23)5-4-13-10-14(19)2-3-15(13)25-18/h2-5,10H,6-9,11H2,1H3,(H,20,22,24). The summed E-state index contributed by atoms with van der Waals surface area (Å²) in [4.78, 5) is 14.3. The number of carbonyl (C=O) groups excluding carboxylic acids is 1. The minimum atomic E-state index is -0.288. The monoisotopic (exact) mass is 390 g/mol. The van der Waals surface area contributed by atoms with Crippen LogP contribution in [0.2, 0.25) is 5.02 Å². The van der Waals surface area contributed by atoms with Crippen LogP contribution in [-0.2, 0) is 4.79 Å². The fourth-order valence-electron chi connectivity index (χ4n) is 3.30. The van der Waals surface area contributed by atoms with Crippen LogP contribution in [0.5, 0.6) is 5.75 Å². The summed E-state index contributed by atoms with van der Waals surface area (Å²) < 4.78 is 6.28. The maximum absolute atomic E-state index is 12.2. The number of likely N-dealkylation sites (tertiary alicyclic amines) is 1. The second-order valence-electron chi connectivity index (χ2n) is 6.63. The average Bonchev–Trinajstić information content (AvgIpc) is 3.02. The minimum Gasteiger partial charge on any atom is -0.482 e. The summed E-state index contributed by atoms with van der Waals surface area (Å²) in [6.45, 7) is 3.82. The van der Waals surface area contributed by atoms with Crippen LogP contribution in [0.3, 0.4) is 0 Å². The molecule has 2 aromatic rings. The molecule has 6 nitrogen and oxygen atoms in total. The number of amides is 1. The maximum Gasteiger partial charge on any atom is 0.240 e. The minimum absolute atomic E-state index is 0.0582. The van der Waals surface area contributed by atoms with Crippen molar-refractivity contribution in [1.29, 1.82) is 0 Å². The van der Waals surface area contributed by atoms with Crippen LogP contribution in [0, 0.1) is 6.92 Å². The molecule has 1 saturated heterocycles. The van der Waals surface area contributed by atoms with E-state index in [2.05, 4.69) is 32.6 Å². The zero-order valence-electron chi connectivity index (χ0n) is 14.4. The van der Waals surface area contributed by atoms with Gasteiger partial charge in [0.1, 0.15) is 16.4 Å². The Bertz CT molecular complexity index is 859. The third kappa shape index (κ3) is 3.75. The first-order chi connectivity index (χ1) is 12.5. The van der Waals surface area contributed by atoms with E-state index in [1.807, 2.05) is 25.1 Å². The van der Waals surface area contributed by atoms with Crippen LogP contribution in [-0.4, -0.2) is 46.2 Å². The smallest absolute Gasteiger partial charge is 0.240 e. The van der Waals surface area contributed by atoms with Gasteiger partial charge in [0, 0.05) is 36.5 Å². The number of ether oxygens (including phenoxy) is 1. The van der Waals surface area contributed by atoms with Gasteiger partial charge < -0.3 is 4.74 Å². The highest BCUT2D eigenvalue weighted by atomic mass is 35.5. The van der Waals surface area contributed by atoms with Gasteiger partial charge >= 0.3 is 0 Å². The van der Waals surface area contributed by atoms with Crippen molar-refractivity contribution in [3.05, 3.63) is 39.9 Å². The van der Waals surface area contributed by atoms with Crippen molar-refractivity contribution in [2.45, 2.75) is 25.4 Å². The lowest BCUT2D eigenvalue weighted by Gasteiger charge is -2.41. The Hall–Kier alpha value is -1.96. The van der Waals surface area contributed by atoms with Crippen molar-refractivity contribution < 1.29 is 9.53 Å². The molecule has 1 aromatic carbocycles. The highest BCUT2D eigenvalue weighted by Gasteiger charge is 2.37. The molecule has 8 heteroatoms. The first kappa shape index (κ1) is 17.5. The number of aromatic nitrogens is 2. The van der Waals surface area contributed by atoms with Gasteiger partial charge in [-0.2, -0.15) is 0 Å². The van der Waals surface area contributed by atoms with Crippen molar-refractivity contribution in [3.63, 3.8) is 0 Å². The lowest BCUT2D eigenvalue weighted by atomic mass is 9.88. The summed E-state index contributed by atoms with van der Waals surface area (Å²) >= 11 is 7.42. The summed E-state index contributed by atoms with van der Waals surface area (Å²) in [6, 6.07) is 5.68. The van der Waals surface area contributed by atoms with Crippen molar-refractivity contribution in [2.24, 2.45) is 0 Å². The summed E-state index contributed by atoms with van der Waals surface area (Å²) in [6.07, 6.45) is 5.91. The lowest BCUT2D eigenvalue weighted by Crippen LogP contribution is -2.49. The molecule has 26 heavy (non-hydrogen) atoms. The molecule has 0 unspecified atom stereocenters. The van der Waals surface area contributed by atoms with Crippen LogP contribution < -0.4 is 10.1 Å². The molecule has 2 aliphatic heterocycles. The molecular weight excluding hydrogens is 372 g/mol. The Morgan fingerprint density at radius 3 is 2.92 bits per heavy atom. The third-order valence-corrected chi connectivity index (χ3v) is 5.68. The van der Waals surface area contributed by atoms with E-state index < -0.39 is 0 Å². The number of hydrogen-bond donors (Lipinski definition) is 1. The number of aryl methyl sites for hydroxylation is 1. The third-order valence-electron chi connectivity index (χ3n) is 4.69. The summed E-state index contributed by atoms with van der Waals surface area (Å²) in [5, 5.41) is 12.7. The van der Waals surface area contributed by atoms with Gasteiger partial charge in [0.15, 0.2) is 0 Å². The first-order valence-corrected chi connectivity index (χ1v) is 9.71. The van der Waals surface area contributed by atoms with Crippen LogP contribution in [0.25, 0.3) is 6.08 Å². The van der Waals surface area contributed by atoms with Crippen molar-refractivity contribution in [1.82, 2.24) is 15.1 Å². The Kier molecular flexibility index (Phi) is 4.69. The molecular formula is C18H19ClN4O2S. The molecule has 2 aliphatic rings. The summed E-state index contributed by atoms with van der Waals surface area (Å²) in [5.41, 5.74) is 0.724. The van der Waals surface area contributed by atoms with Gasteiger partial charge in [0.25, 0.3) is 0 Å². The zero-order chi connectivity index (χ0) is 18.1. The molecule has 3 heterocycles. The van der Waals surface area contributed by atoms with Gasteiger partial charge in [-0.3, -0.25) is 15.0 Å². The number of halogens is 1. The largest absolute Gasteiger partial charge is 0.482 e. The fraction of sp³-hybridized carbons (Fsp3) is 0.389. The average molecular weight is 391 g/mol. The maximum atomic E-state index is 12.2. The Balaban J connectivity index is 1.33. The van der Waals surface area contributed by atoms with E-state index in [0.29, 0.717) is 16.7 Å². The number of nitrogens with one attached hydrogen (secondary N) is 1. The molecule has 136 valence electrons. The van der Waals surface area contributed by atoms with E-state index in [1.165, 1.54) is 11.3 Å². The predicted molar refractivity (Wildman–Crippen MR) is 103 cm³/mol. The second kappa shape index (κ2) is 6.98. The number of benzene rings is 1. The first-order valence-electron chi connectivity index (χ1n) is 8.51. The SMILES string of the molecule is Cc1nnc(NC(=O)CN2CCC3(C=Cc4cc(Cl)ccc4O3)CC2)s1. The van der Waals surface area contributed by atoms with E-state index in [4.69, 9.17) is 16.3 Å². The highest BCUT2D eigenvalue weighted by molar-refractivity contribution is 7.15. The van der Waals surface area contributed by atoms with Gasteiger partial charge in [-0.1, -0.05) is 29.0 Å². The van der Waals surface area contributed by atoms with Gasteiger partial charge in [-0.05, 0) is 31.2 Å². The number of hydrogen-bond acceptors (Lipinski definition) is 6. The number of anilines is 1. The Morgan fingerprint density at radius 1 is 1.38 bits per heavy atom. The highest BCUT2D eigenvalue weighted by Crippen LogP contribution is 2.38. The number of nitrogens with zero attached hydrogens (tertiary/aromatic N) is 3. The molecule has 0 atom stereocenters. The predicted octanol–water partition coefficient (Wildman–Crippen LogP) is 3.38. The van der Waals surface area contributed by atoms with Gasteiger partial charge in [0.05, 0.1) is 6.54 Å². The van der Waals surface area contributed by atoms with E-state index in [0.717, 1.165) is 42.3 Å². The fourth-order valence-corrected chi connectivity index (χ4v) is 4.09. The molecule has 1 aromatic heterocycles. The molecule has 4 rings (SSSR count). The molecule has 0 radical (unpaired) electrons. The topological polar surface area (TPSA) is 67.4 Å². The van der Waals surface area contributed by atoms with E-state index in [-0.39, 0.29) is 11.5 Å². The number of carbonyl (C=O) groups is 1. The van der Waals surface area contributed by atoms with Gasteiger partial charge in [-0.15, -0.1) is 10.2 Å². The Labute approximate surface area is 160 Å². The normalized spacial score (nSPS) is 18.4. The van der Waals surface area contributed by atoms with E-state index in [1.54, 1.807) is 0 Å². The quantitative estimate of drug-likeness (QED) is 0.870. The summed E-state index contributed by atoms with van der Waals surface area (Å²) in [7, 11) is 0. The lowest BCUT2D eigenvalue weighted by molar-refractivity contribution is -0.118.